The third-order valence-electron chi connectivity index (χ3n) is 5.14. The molecule has 6 heteroatoms. The molecule has 0 aliphatic carbocycles. The molecule has 33 heavy (non-hydrogen) atoms. The summed E-state index contributed by atoms with van der Waals surface area (Å²) < 4.78 is 5.84. The van der Waals surface area contributed by atoms with Gasteiger partial charge in [-0.25, -0.2) is 0 Å². The molecule has 0 aliphatic rings. The first kappa shape index (κ1) is 23.9. The number of hydrogen-bond donors (Lipinski definition) is 2. The lowest BCUT2D eigenvalue weighted by Crippen LogP contribution is -2.37. The van der Waals surface area contributed by atoms with Gasteiger partial charge in [-0.3, -0.25) is 9.79 Å². The largest absolute Gasteiger partial charge is 0.489 e. The highest BCUT2D eigenvalue weighted by Crippen LogP contribution is 2.14. The molecule has 0 spiro atoms. The standard InChI is InChI=1S/C27H32N4O2/c1-28-27(29-17-16-21-10-7-11-24(18-21)26(32)31(2)3)30-19-22-12-14-25(15-13-22)33-20-23-8-5-4-6-9-23/h4-15,18H,16-17,19-20H2,1-3H3,(H2,28,29,30). The fraction of sp³-hybridized carbons (Fsp3) is 0.259. The van der Waals surface area contributed by atoms with Crippen LogP contribution in [-0.2, 0) is 19.6 Å². The Morgan fingerprint density at radius 1 is 0.879 bits per heavy atom. The van der Waals surface area contributed by atoms with E-state index in [1.807, 2.05) is 66.7 Å². The van der Waals surface area contributed by atoms with Gasteiger partial charge < -0.3 is 20.3 Å². The van der Waals surface area contributed by atoms with Gasteiger partial charge in [0.2, 0.25) is 0 Å². The Kier molecular flexibility index (Phi) is 8.88. The van der Waals surface area contributed by atoms with Gasteiger partial charge in [0, 0.05) is 39.8 Å². The predicted molar refractivity (Wildman–Crippen MR) is 134 cm³/mol. The summed E-state index contributed by atoms with van der Waals surface area (Å²) >= 11 is 0. The van der Waals surface area contributed by atoms with Gasteiger partial charge in [-0.2, -0.15) is 0 Å². The smallest absolute Gasteiger partial charge is 0.253 e. The molecule has 0 bridgehead atoms. The molecule has 3 rings (SSSR count). The van der Waals surface area contributed by atoms with E-state index in [0.717, 1.165) is 34.8 Å². The molecule has 0 atom stereocenters. The molecule has 0 fully saturated rings. The zero-order valence-electron chi connectivity index (χ0n) is 19.5. The molecular weight excluding hydrogens is 412 g/mol. The van der Waals surface area contributed by atoms with E-state index < -0.39 is 0 Å². The van der Waals surface area contributed by atoms with Crippen molar-refractivity contribution < 1.29 is 9.53 Å². The number of hydrogen-bond acceptors (Lipinski definition) is 3. The Morgan fingerprint density at radius 2 is 1.61 bits per heavy atom. The first-order chi connectivity index (χ1) is 16.0. The minimum atomic E-state index is 0.0127. The molecule has 172 valence electrons. The van der Waals surface area contributed by atoms with E-state index in [-0.39, 0.29) is 5.91 Å². The molecule has 0 unspecified atom stereocenters. The maximum Gasteiger partial charge on any atom is 0.253 e. The quantitative estimate of drug-likeness (QED) is 0.388. The minimum absolute atomic E-state index is 0.0127. The average molecular weight is 445 g/mol. The number of ether oxygens (including phenoxy) is 1. The number of nitrogens with one attached hydrogen (secondary N) is 2. The van der Waals surface area contributed by atoms with Gasteiger partial charge in [0.05, 0.1) is 0 Å². The second kappa shape index (κ2) is 12.3. The summed E-state index contributed by atoms with van der Waals surface area (Å²) in [6.07, 6.45) is 0.794. The third kappa shape index (κ3) is 7.68. The van der Waals surface area contributed by atoms with Crippen LogP contribution in [0.2, 0.25) is 0 Å². The van der Waals surface area contributed by atoms with Crippen LogP contribution in [0.4, 0.5) is 0 Å². The lowest BCUT2D eigenvalue weighted by atomic mass is 10.1. The Labute approximate surface area is 196 Å². The van der Waals surface area contributed by atoms with Crippen LogP contribution in [0.3, 0.4) is 0 Å². The fourth-order valence-electron chi connectivity index (χ4n) is 3.29. The van der Waals surface area contributed by atoms with Crippen LogP contribution in [0.25, 0.3) is 0 Å². The monoisotopic (exact) mass is 444 g/mol. The average Bonchev–Trinajstić information content (AvgIpc) is 2.85. The number of nitrogens with zero attached hydrogens (tertiary/aromatic N) is 2. The van der Waals surface area contributed by atoms with Gasteiger partial charge in [0.25, 0.3) is 5.91 Å². The summed E-state index contributed by atoms with van der Waals surface area (Å²) in [6, 6.07) is 25.9. The number of guanidine groups is 1. The highest BCUT2D eigenvalue weighted by atomic mass is 16.5. The van der Waals surface area contributed by atoms with Gasteiger partial charge in [-0.05, 0) is 47.4 Å². The molecule has 6 nitrogen and oxygen atoms in total. The molecule has 0 aromatic heterocycles. The van der Waals surface area contributed by atoms with E-state index in [1.54, 1.807) is 26.0 Å². The van der Waals surface area contributed by atoms with Crippen molar-refractivity contribution in [1.29, 1.82) is 0 Å². The molecule has 0 heterocycles. The normalized spacial score (nSPS) is 11.1. The van der Waals surface area contributed by atoms with Crippen molar-refractivity contribution in [1.82, 2.24) is 15.5 Å². The van der Waals surface area contributed by atoms with E-state index in [0.29, 0.717) is 25.3 Å². The summed E-state index contributed by atoms with van der Waals surface area (Å²) in [6.45, 7) is 1.93. The number of amides is 1. The zero-order chi connectivity index (χ0) is 23.5. The van der Waals surface area contributed by atoms with Gasteiger partial charge in [-0.1, -0.05) is 54.6 Å². The lowest BCUT2D eigenvalue weighted by molar-refractivity contribution is 0.0827. The van der Waals surface area contributed by atoms with Crippen LogP contribution < -0.4 is 15.4 Å². The molecule has 3 aromatic carbocycles. The van der Waals surface area contributed by atoms with E-state index in [2.05, 4.69) is 27.8 Å². The highest BCUT2D eigenvalue weighted by molar-refractivity contribution is 5.94. The van der Waals surface area contributed by atoms with Crippen LogP contribution >= 0.6 is 0 Å². The van der Waals surface area contributed by atoms with E-state index >= 15 is 0 Å². The van der Waals surface area contributed by atoms with Crippen LogP contribution in [0.5, 0.6) is 5.75 Å². The second-order valence-electron chi connectivity index (χ2n) is 7.92. The third-order valence-corrected chi connectivity index (χ3v) is 5.14. The molecule has 0 radical (unpaired) electrons. The molecular formula is C27H32N4O2. The van der Waals surface area contributed by atoms with Crippen molar-refractivity contribution in [2.75, 3.05) is 27.7 Å². The first-order valence-electron chi connectivity index (χ1n) is 11.1. The van der Waals surface area contributed by atoms with Crippen LogP contribution in [0.1, 0.15) is 27.0 Å². The lowest BCUT2D eigenvalue weighted by Gasteiger charge is -2.13. The number of carbonyl (C=O) groups excluding carboxylic acids is 1. The summed E-state index contributed by atoms with van der Waals surface area (Å²) in [4.78, 5) is 18.0. The van der Waals surface area contributed by atoms with Crippen molar-refractivity contribution in [3.63, 3.8) is 0 Å². The van der Waals surface area contributed by atoms with Gasteiger partial charge in [0.1, 0.15) is 12.4 Å². The minimum Gasteiger partial charge on any atom is -0.489 e. The van der Waals surface area contributed by atoms with Crippen molar-refractivity contribution in [2.24, 2.45) is 4.99 Å². The van der Waals surface area contributed by atoms with Crippen molar-refractivity contribution >= 4 is 11.9 Å². The van der Waals surface area contributed by atoms with Crippen molar-refractivity contribution in [3.05, 3.63) is 101 Å². The fourth-order valence-corrected chi connectivity index (χ4v) is 3.29. The Bertz CT molecular complexity index is 1050. The van der Waals surface area contributed by atoms with Crippen molar-refractivity contribution in [3.8, 4) is 5.75 Å². The van der Waals surface area contributed by atoms with Gasteiger partial charge in [-0.15, -0.1) is 0 Å². The van der Waals surface area contributed by atoms with E-state index in [4.69, 9.17) is 4.74 Å². The molecule has 0 saturated carbocycles. The van der Waals surface area contributed by atoms with Crippen LogP contribution in [0.15, 0.2) is 83.9 Å². The molecule has 3 aromatic rings. The number of carbonyl (C=O) groups is 1. The number of benzene rings is 3. The SMILES string of the molecule is CN=C(NCCc1cccc(C(=O)N(C)C)c1)NCc1ccc(OCc2ccccc2)cc1. The first-order valence-corrected chi connectivity index (χ1v) is 11.1. The summed E-state index contributed by atoms with van der Waals surface area (Å²) in [5.74, 6) is 1.60. The summed E-state index contributed by atoms with van der Waals surface area (Å²) in [5, 5.41) is 6.66. The maximum absolute atomic E-state index is 12.1. The predicted octanol–water partition coefficient (Wildman–Crippen LogP) is 3.88. The maximum atomic E-state index is 12.1. The van der Waals surface area contributed by atoms with Crippen LogP contribution in [0, 0.1) is 0 Å². The Balaban J connectivity index is 1.42. The van der Waals surface area contributed by atoms with Crippen molar-refractivity contribution in [2.45, 2.75) is 19.6 Å². The zero-order valence-corrected chi connectivity index (χ0v) is 19.5. The molecule has 2 N–H and O–H groups in total. The number of rotatable bonds is 9. The Morgan fingerprint density at radius 3 is 2.30 bits per heavy atom. The molecule has 0 saturated heterocycles. The van der Waals surface area contributed by atoms with Gasteiger partial charge in [0.15, 0.2) is 5.96 Å². The Hall–Kier alpha value is -3.80. The molecule has 1 amide bonds. The van der Waals surface area contributed by atoms with E-state index in [1.165, 1.54) is 0 Å². The van der Waals surface area contributed by atoms with Gasteiger partial charge >= 0.3 is 0 Å². The summed E-state index contributed by atoms with van der Waals surface area (Å²) in [5.41, 5.74) is 4.10. The topological polar surface area (TPSA) is 66.0 Å². The second-order valence-corrected chi connectivity index (χ2v) is 7.92. The highest BCUT2D eigenvalue weighted by Gasteiger charge is 2.08. The van der Waals surface area contributed by atoms with E-state index in [9.17, 15) is 4.79 Å². The molecule has 0 aliphatic heterocycles. The summed E-state index contributed by atoms with van der Waals surface area (Å²) in [7, 11) is 5.28. The van der Waals surface area contributed by atoms with Crippen LogP contribution in [-0.4, -0.2) is 44.5 Å². The number of aliphatic imine (C=N–C) groups is 1.